The van der Waals surface area contributed by atoms with E-state index in [1.165, 1.54) is 0 Å². The Morgan fingerprint density at radius 2 is 1.50 bits per heavy atom. The topological polar surface area (TPSA) is 77.4 Å². The molecular weight excluding hydrogens is 352 g/mol. The van der Waals surface area contributed by atoms with Gasteiger partial charge in [-0.05, 0) is 19.3 Å². The molecule has 0 radical (unpaired) electrons. The van der Waals surface area contributed by atoms with Crippen LogP contribution in [0.25, 0.3) is 0 Å². The molecular formula is C6H9Ag2O4+. The number of carboxylic acid groups (broad SMARTS) is 2. The summed E-state index contributed by atoms with van der Waals surface area (Å²) in [6, 6.07) is 0. The summed E-state index contributed by atoms with van der Waals surface area (Å²) < 4.78 is 0. The normalized spacial score (nSPS) is 7.67. The van der Waals surface area contributed by atoms with Crippen molar-refractivity contribution in [3.05, 3.63) is 0 Å². The maximum absolute atomic E-state index is 9.88. The van der Waals surface area contributed by atoms with Crippen LogP contribution in [0, 0.1) is 0 Å². The Bertz CT molecular complexity index is 122. The molecule has 0 bridgehead atoms. The van der Waals surface area contributed by atoms with Crippen molar-refractivity contribution in [1.82, 2.24) is 0 Å². The number of hydrogen-bond acceptors (Lipinski definition) is 3. The summed E-state index contributed by atoms with van der Waals surface area (Å²) in [5.41, 5.74) is 0. The van der Waals surface area contributed by atoms with E-state index in [9.17, 15) is 14.7 Å². The van der Waals surface area contributed by atoms with Crippen molar-refractivity contribution < 1.29 is 64.6 Å². The molecule has 0 aliphatic heterocycles. The molecule has 0 aromatic rings. The summed E-state index contributed by atoms with van der Waals surface area (Å²) in [7, 11) is 0. The third kappa shape index (κ3) is 16.8. The molecule has 0 aromatic heterocycles. The molecule has 6 heteroatoms. The largest absolute Gasteiger partial charge is 1.00 e. The van der Waals surface area contributed by atoms with Crippen LogP contribution in [-0.4, -0.2) is 17.0 Å². The van der Waals surface area contributed by atoms with Crippen LogP contribution in [-0.2, 0) is 54.3 Å². The molecule has 0 saturated carbocycles. The van der Waals surface area contributed by atoms with E-state index in [4.69, 9.17) is 5.11 Å². The predicted octanol–water partition coefficient (Wildman–Crippen LogP) is -0.624. The monoisotopic (exact) mass is 359 g/mol. The Labute approximate surface area is 102 Å². The Kier molecular flexibility index (Phi) is 17.4. The first-order valence-corrected chi connectivity index (χ1v) is 3.04. The molecule has 12 heavy (non-hydrogen) atoms. The predicted molar refractivity (Wildman–Crippen MR) is 31.1 cm³/mol. The van der Waals surface area contributed by atoms with Gasteiger partial charge >= 0.3 is 50.7 Å². The zero-order valence-corrected chi connectivity index (χ0v) is 9.07. The SMILES string of the molecule is O=C([O-])CCCCC(=O)O.[Ag+].[Ag+]. The average molecular weight is 361 g/mol. The van der Waals surface area contributed by atoms with Gasteiger partial charge in [0.2, 0.25) is 0 Å². The molecule has 0 spiro atoms. The number of carbonyl (C=O) groups is 2. The van der Waals surface area contributed by atoms with E-state index in [1.807, 2.05) is 0 Å². The number of rotatable bonds is 5. The van der Waals surface area contributed by atoms with Crippen LogP contribution in [0.3, 0.4) is 0 Å². The summed E-state index contributed by atoms with van der Waals surface area (Å²) in [6.07, 6.45) is 0.776. The first kappa shape index (κ1) is 18.3. The summed E-state index contributed by atoms with van der Waals surface area (Å²) in [4.78, 5) is 19.7. The third-order valence-corrected chi connectivity index (χ3v) is 1.02. The summed E-state index contributed by atoms with van der Waals surface area (Å²) in [5.74, 6) is -2.01. The van der Waals surface area contributed by atoms with Crippen LogP contribution in [0.2, 0.25) is 0 Å². The Balaban J connectivity index is -0.000000405. The fraction of sp³-hybridized carbons (Fsp3) is 0.667. The van der Waals surface area contributed by atoms with Crippen molar-refractivity contribution in [2.24, 2.45) is 0 Å². The van der Waals surface area contributed by atoms with Crippen molar-refractivity contribution in [1.29, 1.82) is 0 Å². The van der Waals surface area contributed by atoms with Gasteiger partial charge in [-0.1, -0.05) is 0 Å². The number of carboxylic acids is 2. The molecule has 0 saturated heterocycles. The standard InChI is InChI=1S/C6H10O4.2Ag/c7-5(8)3-1-2-4-6(9)10;;/h1-4H2,(H,7,8)(H,9,10);;/q;2*+1/p-1. The van der Waals surface area contributed by atoms with E-state index in [0.29, 0.717) is 12.8 Å². The van der Waals surface area contributed by atoms with Crippen molar-refractivity contribution in [2.45, 2.75) is 25.7 Å². The van der Waals surface area contributed by atoms with E-state index in [1.54, 1.807) is 0 Å². The van der Waals surface area contributed by atoms with Crippen LogP contribution in [0.4, 0.5) is 0 Å². The van der Waals surface area contributed by atoms with Gasteiger partial charge in [-0.3, -0.25) is 4.79 Å². The fourth-order valence-corrected chi connectivity index (χ4v) is 0.546. The minimum atomic E-state index is -1.12. The van der Waals surface area contributed by atoms with Gasteiger partial charge in [0.1, 0.15) is 0 Å². The molecule has 0 unspecified atom stereocenters. The Hall–Kier alpha value is 0.421. The molecule has 0 aliphatic carbocycles. The number of unbranched alkanes of at least 4 members (excludes halogenated alkanes) is 1. The van der Waals surface area contributed by atoms with E-state index >= 15 is 0 Å². The Morgan fingerprint density at radius 3 is 1.83 bits per heavy atom. The maximum Gasteiger partial charge on any atom is 1.00 e. The fourth-order valence-electron chi connectivity index (χ4n) is 0.546. The average Bonchev–Trinajstić information content (AvgIpc) is 1.79. The minimum Gasteiger partial charge on any atom is -0.550 e. The van der Waals surface area contributed by atoms with Gasteiger partial charge in [0, 0.05) is 12.4 Å². The molecule has 0 rings (SSSR count). The van der Waals surface area contributed by atoms with Crippen molar-refractivity contribution in [3.8, 4) is 0 Å². The Morgan fingerprint density at radius 1 is 1.08 bits per heavy atom. The molecule has 0 amide bonds. The molecule has 0 fully saturated rings. The van der Waals surface area contributed by atoms with Crippen LogP contribution in [0.5, 0.6) is 0 Å². The second-order valence-electron chi connectivity index (χ2n) is 1.97. The van der Waals surface area contributed by atoms with Crippen LogP contribution >= 0.6 is 0 Å². The first-order valence-electron chi connectivity index (χ1n) is 3.04. The van der Waals surface area contributed by atoms with E-state index in [2.05, 4.69) is 0 Å². The van der Waals surface area contributed by atoms with Gasteiger partial charge in [0.25, 0.3) is 0 Å². The van der Waals surface area contributed by atoms with Gasteiger partial charge in [-0.2, -0.15) is 0 Å². The minimum absolute atomic E-state index is 0. The maximum atomic E-state index is 9.88. The summed E-state index contributed by atoms with van der Waals surface area (Å²) >= 11 is 0. The molecule has 0 aromatic carbocycles. The number of hydrogen-bond donors (Lipinski definition) is 1. The molecule has 0 atom stereocenters. The second kappa shape index (κ2) is 11.4. The molecule has 0 heterocycles. The van der Waals surface area contributed by atoms with Gasteiger partial charge in [0.15, 0.2) is 0 Å². The summed E-state index contributed by atoms with van der Waals surface area (Å²) in [5, 5.41) is 17.9. The van der Waals surface area contributed by atoms with Crippen LogP contribution in [0.1, 0.15) is 25.7 Å². The quantitative estimate of drug-likeness (QED) is 0.523. The van der Waals surface area contributed by atoms with Crippen molar-refractivity contribution >= 4 is 11.9 Å². The van der Waals surface area contributed by atoms with E-state index in [-0.39, 0.29) is 57.6 Å². The van der Waals surface area contributed by atoms with Gasteiger partial charge in [0.05, 0.1) is 0 Å². The zero-order chi connectivity index (χ0) is 7.98. The van der Waals surface area contributed by atoms with Crippen molar-refractivity contribution in [2.75, 3.05) is 0 Å². The van der Waals surface area contributed by atoms with E-state index in [0.717, 1.165) is 0 Å². The molecule has 4 nitrogen and oxygen atoms in total. The van der Waals surface area contributed by atoms with Gasteiger partial charge < -0.3 is 15.0 Å². The van der Waals surface area contributed by atoms with Gasteiger partial charge in [-0.25, -0.2) is 0 Å². The van der Waals surface area contributed by atoms with Gasteiger partial charge in [-0.15, -0.1) is 0 Å². The summed E-state index contributed by atoms with van der Waals surface area (Å²) in [6.45, 7) is 0. The van der Waals surface area contributed by atoms with Crippen molar-refractivity contribution in [3.63, 3.8) is 0 Å². The van der Waals surface area contributed by atoms with Crippen LogP contribution < -0.4 is 5.11 Å². The zero-order valence-electron chi connectivity index (χ0n) is 6.10. The number of carbonyl (C=O) groups excluding carboxylic acids is 1. The second-order valence-corrected chi connectivity index (χ2v) is 1.97. The molecule has 0 aliphatic rings. The third-order valence-electron chi connectivity index (χ3n) is 1.02. The van der Waals surface area contributed by atoms with E-state index < -0.39 is 11.9 Å². The number of aliphatic carboxylic acids is 2. The smallest absolute Gasteiger partial charge is 0.550 e. The van der Waals surface area contributed by atoms with Crippen LogP contribution in [0.15, 0.2) is 0 Å². The molecule has 78 valence electrons. The first-order chi connectivity index (χ1) is 4.63. The molecule has 1 N–H and O–H groups in total.